The number of benzene rings is 2. The zero-order chi connectivity index (χ0) is 21.0. The average molecular weight is 404 g/mol. The number of alkyl halides is 3. The molecule has 3 rings (SSSR count). The molecule has 0 radical (unpaired) electrons. The molecule has 5 nitrogen and oxygen atoms in total. The summed E-state index contributed by atoms with van der Waals surface area (Å²) in [6, 6.07) is 11.6. The van der Waals surface area contributed by atoms with Crippen LogP contribution in [0.5, 0.6) is 0 Å². The molecule has 2 N–H and O–H groups in total. The van der Waals surface area contributed by atoms with Gasteiger partial charge in [-0.1, -0.05) is 18.2 Å². The van der Waals surface area contributed by atoms with Crippen molar-refractivity contribution in [2.24, 2.45) is 0 Å². The van der Waals surface area contributed by atoms with E-state index in [1.165, 1.54) is 12.2 Å². The van der Waals surface area contributed by atoms with Gasteiger partial charge in [0.15, 0.2) is 0 Å². The van der Waals surface area contributed by atoms with Crippen molar-refractivity contribution in [2.75, 3.05) is 44.1 Å². The van der Waals surface area contributed by atoms with Crippen LogP contribution in [0, 0.1) is 0 Å². The Balaban J connectivity index is 1.93. The van der Waals surface area contributed by atoms with Crippen molar-refractivity contribution in [3.8, 4) is 0 Å². The highest BCUT2D eigenvalue weighted by atomic mass is 19.4. The molecule has 0 spiro atoms. The molecule has 29 heavy (non-hydrogen) atoms. The van der Waals surface area contributed by atoms with Crippen LogP contribution < -0.4 is 15.5 Å². The van der Waals surface area contributed by atoms with E-state index in [1.54, 1.807) is 0 Å². The van der Waals surface area contributed by atoms with E-state index in [2.05, 4.69) is 10.6 Å². The van der Waals surface area contributed by atoms with Crippen molar-refractivity contribution < 1.29 is 18.0 Å². The quantitative estimate of drug-likeness (QED) is 0.717. The summed E-state index contributed by atoms with van der Waals surface area (Å²) in [5, 5.41) is 5.74. The summed E-state index contributed by atoms with van der Waals surface area (Å²) in [7, 11) is 3.78. The predicted molar refractivity (Wildman–Crippen MR) is 109 cm³/mol. The van der Waals surface area contributed by atoms with E-state index < -0.39 is 11.7 Å². The van der Waals surface area contributed by atoms with Crippen molar-refractivity contribution in [1.29, 1.82) is 0 Å². The molecule has 1 aliphatic rings. The van der Waals surface area contributed by atoms with Gasteiger partial charge in [0.05, 0.1) is 23.6 Å². The number of para-hydroxylation sites is 1. The third-order valence-corrected chi connectivity index (χ3v) is 4.50. The van der Waals surface area contributed by atoms with E-state index in [1.807, 2.05) is 54.2 Å². The first-order valence-electron chi connectivity index (χ1n) is 9.18. The van der Waals surface area contributed by atoms with Gasteiger partial charge in [0, 0.05) is 30.4 Å². The van der Waals surface area contributed by atoms with E-state index >= 15 is 0 Å². The van der Waals surface area contributed by atoms with E-state index in [0.717, 1.165) is 17.8 Å². The second-order valence-corrected chi connectivity index (χ2v) is 6.99. The third-order valence-electron chi connectivity index (χ3n) is 4.50. The highest BCUT2D eigenvalue weighted by Gasteiger charge is 2.34. The van der Waals surface area contributed by atoms with Crippen LogP contribution in [0.25, 0.3) is 6.08 Å². The van der Waals surface area contributed by atoms with Crippen molar-refractivity contribution in [2.45, 2.75) is 6.18 Å². The molecule has 1 aliphatic heterocycles. The number of nitrogens with one attached hydrogen (secondary N) is 2. The number of amides is 1. The Morgan fingerprint density at radius 3 is 2.62 bits per heavy atom. The maximum atomic E-state index is 13.3. The van der Waals surface area contributed by atoms with Crippen LogP contribution in [-0.4, -0.2) is 44.7 Å². The van der Waals surface area contributed by atoms with Crippen LogP contribution in [0.2, 0.25) is 0 Å². The molecule has 0 aliphatic carbocycles. The number of anilines is 3. The van der Waals surface area contributed by atoms with Crippen molar-refractivity contribution >= 4 is 29.0 Å². The minimum atomic E-state index is -4.48. The number of hydrogen-bond acceptors (Lipinski definition) is 4. The number of nitrogens with zero attached hydrogens (tertiary/aromatic N) is 2. The minimum absolute atomic E-state index is 0.325. The Kier molecular flexibility index (Phi) is 6.12. The lowest BCUT2D eigenvalue weighted by molar-refractivity contribution is -0.137. The normalized spacial score (nSPS) is 13.7. The molecule has 1 amide bonds. The summed E-state index contributed by atoms with van der Waals surface area (Å²) in [5.74, 6) is -0.352. The third kappa shape index (κ3) is 5.08. The summed E-state index contributed by atoms with van der Waals surface area (Å²) >= 11 is 0. The van der Waals surface area contributed by atoms with Crippen LogP contribution in [0.1, 0.15) is 11.1 Å². The zero-order valence-electron chi connectivity index (χ0n) is 16.3. The minimum Gasteiger partial charge on any atom is -0.366 e. The number of halogens is 3. The first-order valence-corrected chi connectivity index (χ1v) is 9.18. The van der Waals surface area contributed by atoms with E-state index in [-0.39, 0.29) is 5.91 Å². The summed E-state index contributed by atoms with van der Waals surface area (Å²) in [6.07, 6.45) is -1.78. The topological polar surface area (TPSA) is 47.6 Å². The summed E-state index contributed by atoms with van der Waals surface area (Å²) in [6.45, 7) is 1.47. The van der Waals surface area contributed by atoms with Crippen molar-refractivity contribution in [1.82, 2.24) is 10.2 Å². The first-order chi connectivity index (χ1) is 13.8. The van der Waals surface area contributed by atoms with Gasteiger partial charge < -0.3 is 20.4 Å². The number of hydrogen-bond donors (Lipinski definition) is 2. The van der Waals surface area contributed by atoms with Crippen LogP contribution in [0.15, 0.2) is 48.5 Å². The van der Waals surface area contributed by atoms with Crippen LogP contribution >= 0.6 is 0 Å². The summed E-state index contributed by atoms with van der Waals surface area (Å²) < 4.78 is 40.0. The molecular formula is C21H23F3N4O. The maximum Gasteiger partial charge on any atom is 0.416 e. The van der Waals surface area contributed by atoms with E-state index in [4.69, 9.17) is 0 Å². The fraction of sp³-hybridized carbons (Fsp3) is 0.286. The van der Waals surface area contributed by atoms with Gasteiger partial charge in [0.2, 0.25) is 5.91 Å². The zero-order valence-corrected chi connectivity index (χ0v) is 16.3. The molecule has 0 aromatic heterocycles. The molecule has 154 valence electrons. The molecular weight excluding hydrogens is 381 g/mol. The van der Waals surface area contributed by atoms with Gasteiger partial charge in [-0.05, 0) is 44.4 Å². The Bertz CT molecular complexity index is 895. The van der Waals surface area contributed by atoms with E-state index in [9.17, 15) is 18.0 Å². The smallest absolute Gasteiger partial charge is 0.366 e. The maximum absolute atomic E-state index is 13.3. The van der Waals surface area contributed by atoms with Gasteiger partial charge in [-0.15, -0.1) is 0 Å². The highest BCUT2D eigenvalue weighted by molar-refractivity contribution is 5.95. The van der Waals surface area contributed by atoms with Gasteiger partial charge in [-0.25, -0.2) is 0 Å². The highest BCUT2D eigenvalue weighted by Crippen LogP contribution is 2.44. The average Bonchev–Trinajstić information content (AvgIpc) is 3.10. The Labute approximate surface area is 167 Å². The van der Waals surface area contributed by atoms with Crippen molar-refractivity contribution in [3.05, 3.63) is 59.7 Å². The van der Waals surface area contributed by atoms with Gasteiger partial charge in [0.25, 0.3) is 0 Å². The fourth-order valence-electron chi connectivity index (χ4n) is 3.08. The van der Waals surface area contributed by atoms with Gasteiger partial charge in [-0.3, -0.25) is 4.79 Å². The number of fused-ring (bicyclic) bond motifs is 1. The van der Waals surface area contributed by atoms with Crippen LogP contribution in [-0.2, 0) is 11.0 Å². The molecule has 0 saturated carbocycles. The number of rotatable bonds is 6. The second-order valence-electron chi connectivity index (χ2n) is 6.99. The molecule has 0 unspecified atom stereocenters. The molecule has 0 saturated heterocycles. The van der Waals surface area contributed by atoms with Crippen molar-refractivity contribution in [3.63, 3.8) is 0 Å². The SMILES string of the molecule is CN(C)CCNC(=O)C=Cc1cc(C(F)(F)F)cc2c1N(c1ccccc1)CN2. The number of carbonyl (C=O) groups excluding carboxylic acids is 1. The molecule has 0 atom stereocenters. The Morgan fingerprint density at radius 2 is 1.97 bits per heavy atom. The van der Waals surface area contributed by atoms with E-state index in [0.29, 0.717) is 36.7 Å². The predicted octanol–water partition coefficient (Wildman–Crippen LogP) is 3.92. The van der Waals surface area contributed by atoms with Gasteiger partial charge >= 0.3 is 6.18 Å². The van der Waals surface area contributed by atoms with Gasteiger partial charge in [-0.2, -0.15) is 13.2 Å². The van der Waals surface area contributed by atoms with Crippen LogP contribution in [0.4, 0.5) is 30.2 Å². The second kappa shape index (κ2) is 8.57. The van der Waals surface area contributed by atoms with Gasteiger partial charge in [0.1, 0.15) is 0 Å². The molecule has 8 heteroatoms. The lowest BCUT2D eigenvalue weighted by Crippen LogP contribution is -2.30. The number of carbonyl (C=O) groups is 1. The molecule has 2 aromatic carbocycles. The molecule has 2 aromatic rings. The molecule has 0 bridgehead atoms. The lowest BCUT2D eigenvalue weighted by Gasteiger charge is -2.21. The number of likely N-dealkylation sites (N-methyl/N-ethyl adjacent to an activating group) is 1. The molecule has 0 fully saturated rings. The Hall–Kier alpha value is -3.00. The standard InChI is InChI=1S/C21H23F3N4O/c1-27(2)11-10-25-19(29)9-8-15-12-16(21(22,23)24)13-18-20(15)28(14-26-18)17-6-4-3-5-7-17/h3-9,12-13,26H,10-11,14H2,1-2H3,(H,25,29). The molecule has 1 heterocycles. The summed E-state index contributed by atoms with van der Waals surface area (Å²) in [4.78, 5) is 15.9. The Morgan fingerprint density at radius 1 is 1.24 bits per heavy atom. The monoisotopic (exact) mass is 404 g/mol. The van der Waals surface area contributed by atoms with Crippen LogP contribution in [0.3, 0.4) is 0 Å². The first kappa shape index (κ1) is 20.7. The largest absolute Gasteiger partial charge is 0.416 e. The summed E-state index contributed by atoms with van der Waals surface area (Å²) in [5.41, 5.74) is 1.42. The fourth-order valence-corrected chi connectivity index (χ4v) is 3.08. The lowest BCUT2D eigenvalue weighted by atomic mass is 10.0.